The van der Waals surface area contributed by atoms with Crippen molar-refractivity contribution in [1.29, 1.82) is 0 Å². The van der Waals surface area contributed by atoms with Crippen LogP contribution in [-0.2, 0) is 14.1 Å². The normalized spacial score (nSPS) is 16.0. The molecule has 126 valence electrons. The van der Waals surface area contributed by atoms with E-state index in [4.69, 9.17) is 4.74 Å². The topological polar surface area (TPSA) is 99.7 Å². The lowest BCUT2D eigenvalue weighted by molar-refractivity contribution is -0.149. The predicted molar refractivity (Wildman–Crippen MR) is 87.5 cm³/mol. The van der Waals surface area contributed by atoms with Crippen molar-refractivity contribution < 1.29 is 19.0 Å². The molecule has 0 aliphatic rings. The van der Waals surface area contributed by atoms with Crippen LogP contribution in [0.1, 0.15) is 20.8 Å². The third-order valence-electron chi connectivity index (χ3n) is 2.53. The van der Waals surface area contributed by atoms with Crippen molar-refractivity contribution in [3.05, 3.63) is 0 Å². The Morgan fingerprint density at radius 3 is 2.19 bits per heavy atom. The number of rotatable bonds is 11. The van der Waals surface area contributed by atoms with Crippen molar-refractivity contribution in [2.75, 3.05) is 32.9 Å². The molecule has 9 heteroatoms. The van der Waals surface area contributed by atoms with E-state index in [1.54, 1.807) is 13.8 Å². The van der Waals surface area contributed by atoms with Crippen molar-refractivity contribution in [2.24, 2.45) is 5.92 Å². The van der Waals surface area contributed by atoms with Gasteiger partial charge in [-0.1, -0.05) is 11.4 Å². The minimum atomic E-state index is -3.64. The summed E-state index contributed by atoms with van der Waals surface area (Å²) in [7, 11) is 3.68. The van der Waals surface area contributed by atoms with Gasteiger partial charge in [0.2, 0.25) is 0 Å². The smallest absolute Gasteiger partial charge is 0.324 e. The molecule has 0 saturated heterocycles. The van der Waals surface area contributed by atoms with Crippen LogP contribution in [0.4, 0.5) is 0 Å². The van der Waals surface area contributed by atoms with Gasteiger partial charge in [0.15, 0.2) is 0 Å². The third-order valence-corrected chi connectivity index (χ3v) is 6.03. The van der Waals surface area contributed by atoms with Gasteiger partial charge >= 0.3 is 12.7 Å². The Labute approximate surface area is 131 Å². The van der Waals surface area contributed by atoms with E-state index in [0.717, 1.165) is 24.5 Å². The summed E-state index contributed by atoms with van der Waals surface area (Å²) in [6, 6.07) is -0.817. The Morgan fingerprint density at radius 1 is 1.24 bits per heavy atom. The summed E-state index contributed by atoms with van der Waals surface area (Å²) in [5.74, 6) is 0.209. The lowest BCUT2D eigenvalue weighted by atomic mass is 10.2. The van der Waals surface area contributed by atoms with Crippen molar-refractivity contribution in [3.63, 3.8) is 0 Å². The van der Waals surface area contributed by atoms with Crippen molar-refractivity contribution in [3.8, 4) is 0 Å². The second-order valence-electron chi connectivity index (χ2n) is 5.13. The van der Waals surface area contributed by atoms with Gasteiger partial charge in [-0.3, -0.25) is 9.36 Å². The first-order valence-corrected chi connectivity index (χ1v) is 10.2. The lowest BCUT2D eigenvalue weighted by Crippen LogP contribution is -2.34. The van der Waals surface area contributed by atoms with Gasteiger partial charge in [0.1, 0.15) is 6.04 Å². The maximum Gasteiger partial charge on any atom is 0.324 e. The SMILES string of the molecule is CNCC(CNC)CSP(=O)(O)N[C@@H](C)C(=O)OC(C)C. The van der Waals surface area contributed by atoms with Gasteiger partial charge in [0, 0.05) is 5.75 Å². The Morgan fingerprint density at radius 2 is 1.76 bits per heavy atom. The summed E-state index contributed by atoms with van der Waals surface area (Å²) in [5, 5.41) is 8.56. The van der Waals surface area contributed by atoms with Crippen LogP contribution in [0.15, 0.2) is 0 Å². The highest BCUT2D eigenvalue weighted by atomic mass is 32.7. The maximum atomic E-state index is 12.1. The molecule has 2 atom stereocenters. The molecule has 0 radical (unpaired) electrons. The molecule has 0 aromatic carbocycles. The van der Waals surface area contributed by atoms with Gasteiger partial charge in [-0.25, -0.2) is 5.09 Å². The fraction of sp³-hybridized carbons (Fsp3) is 0.917. The Balaban J connectivity index is 4.34. The van der Waals surface area contributed by atoms with Gasteiger partial charge < -0.3 is 20.3 Å². The average Bonchev–Trinajstić information content (AvgIpc) is 2.35. The molecule has 0 heterocycles. The largest absolute Gasteiger partial charge is 0.462 e. The first-order valence-electron chi connectivity index (χ1n) is 6.96. The minimum absolute atomic E-state index is 0.227. The Bertz CT molecular complexity index is 351. The molecule has 0 amide bonds. The van der Waals surface area contributed by atoms with E-state index < -0.39 is 18.7 Å². The van der Waals surface area contributed by atoms with Crippen LogP contribution in [0.25, 0.3) is 0 Å². The molecule has 0 rings (SSSR count). The molecule has 7 nitrogen and oxygen atoms in total. The maximum absolute atomic E-state index is 12.1. The van der Waals surface area contributed by atoms with Gasteiger partial charge in [-0.2, -0.15) is 0 Å². The molecular weight excluding hydrogens is 313 g/mol. The first kappa shape index (κ1) is 20.9. The minimum Gasteiger partial charge on any atom is -0.462 e. The van der Waals surface area contributed by atoms with Crippen LogP contribution in [-0.4, -0.2) is 55.9 Å². The molecule has 0 aliphatic carbocycles. The second kappa shape index (κ2) is 10.6. The molecule has 0 aromatic heterocycles. The highest BCUT2D eigenvalue weighted by molar-refractivity contribution is 8.55. The molecule has 1 unspecified atom stereocenters. The van der Waals surface area contributed by atoms with Crippen molar-refractivity contribution in [2.45, 2.75) is 32.9 Å². The van der Waals surface area contributed by atoms with Crippen LogP contribution in [0.2, 0.25) is 0 Å². The number of carbonyl (C=O) groups excluding carboxylic acids is 1. The van der Waals surface area contributed by atoms with E-state index in [1.165, 1.54) is 6.92 Å². The summed E-state index contributed by atoms with van der Waals surface area (Å²) in [6.45, 7) is 2.85. The van der Waals surface area contributed by atoms with Gasteiger partial charge in [0.25, 0.3) is 0 Å². The molecule has 0 aromatic rings. The number of nitrogens with one attached hydrogen (secondary N) is 3. The van der Waals surface area contributed by atoms with Crippen LogP contribution in [0.3, 0.4) is 0 Å². The Hall–Kier alpha value is -0.110. The van der Waals surface area contributed by atoms with Crippen LogP contribution in [0, 0.1) is 5.92 Å². The van der Waals surface area contributed by atoms with Gasteiger partial charge in [-0.15, -0.1) is 0 Å². The Kier molecular flexibility index (Phi) is 10.5. The fourth-order valence-electron chi connectivity index (χ4n) is 1.64. The summed E-state index contributed by atoms with van der Waals surface area (Å²) in [6.07, 6.45) is -0.247. The van der Waals surface area contributed by atoms with E-state index in [1.807, 2.05) is 14.1 Å². The van der Waals surface area contributed by atoms with Crippen LogP contribution >= 0.6 is 18.1 Å². The van der Waals surface area contributed by atoms with Crippen LogP contribution < -0.4 is 15.7 Å². The highest BCUT2D eigenvalue weighted by Gasteiger charge is 2.27. The van der Waals surface area contributed by atoms with Crippen molar-refractivity contribution in [1.82, 2.24) is 15.7 Å². The van der Waals surface area contributed by atoms with Crippen molar-refractivity contribution >= 4 is 24.1 Å². The summed E-state index contributed by atoms with van der Waals surface area (Å²) in [5.41, 5.74) is 0. The molecule has 0 aliphatic heterocycles. The zero-order valence-electron chi connectivity index (χ0n) is 13.4. The van der Waals surface area contributed by atoms with E-state index in [-0.39, 0.29) is 12.0 Å². The third kappa shape index (κ3) is 10.3. The summed E-state index contributed by atoms with van der Waals surface area (Å²) < 4.78 is 17.1. The molecule has 4 N–H and O–H groups in total. The summed E-state index contributed by atoms with van der Waals surface area (Å²) in [4.78, 5) is 21.5. The quantitative estimate of drug-likeness (QED) is 0.324. The van der Waals surface area contributed by atoms with E-state index >= 15 is 0 Å². The van der Waals surface area contributed by atoms with Crippen LogP contribution in [0.5, 0.6) is 0 Å². The number of esters is 1. The standard InChI is InChI=1S/C12H28N3O4PS/c1-9(2)19-12(16)10(3)15-20(17,18)21-8-11(6-13-4)7-14-5/h9-11,13-14H,6-8H2,1-5H3,(H2,15,17,18)/t10-/m0/s1. The van der Waals surface area contributed by atoms with E-state index in [2.05, 4.69) is 15.7 Å². The zero-order chi connectivity index (χ0) is 16.5. The van der Waals surface area contributed by atoms with Gasteiger partial charge in [0.05, 0.1) is 6.10 Å². The number of carbonyl (C=O) groups is 1. The number of ether oxygens (including phenoxy) is 1. The second-order valence-corrected chi connectivity index (χ2v) is 9.28. The van der Waals surface area contributed by atoms with E-state index in [9.17, 15) is 14.3 Å². The fourth-order valence-corrected chi connectivity index (χ4v) is 4.90. The summed E-state index contributed by atoms with van der Waals surface area (Å²) >= 11 is 0.944. The molecule has 0 bridgehead atoms. The zero-order valence-corrected chi connectivity index (χ0v) is 15.1. The van der Waals surface area contributed by atoms with E-state index in [0.29, 0.717) is 5.75 Å². The first-order chi connectivity index (χ1) is 9.71. The monoisotopic (exact) mass is 341 g/mol. The predicted octanol–water partition coefficient (Wildman–Crippen LogP) is 0.805. The molecule has 0 saturated carbocycles. The highest BCUT2D eigenvalue weighted by Crippen LogP contribution is 2.51. The molecule has 0 spiro atoms. The molecule has 0 fully saturated rings. The average molecular weight is 341 g/mol. The molecule has 21 heavy (non-hydrogen) atoms. The molecular formula is C12H28N3O4PS. The van der Waals surface area contributed by atoms with Gasteiger partial charge in [-0.05, 0) is 53.9 Å². The number of hydrogen-bond donors (Lipinski definition) is 4. The lowest BCUT2D eigenvalue weighted by Gasteiger charge is -2.21. The number of hydrogen-bond acceptors (Lipinski definition) is 6.